The van der Waals surface area contributed by atoms with E-state index in [1.165, 1.54) is 17.0 Å². The van der Waals surface area contributed by atoms with Gasteiger partial charge in [-0.1, -0.05) is 48.7 Å². The van der Waals surface area contributed by atoms with E-state index in [0.29, 0.717) is 32.1 Å². The highest BCUT2D eigenvalue weighted by Gasteiger charge is 2.59. The highest BCUT2D eigenvalue weighted by Crippen LogP contribution is 2.60. The van der Waals surface area contributed by atoms with Crippen molar-refractivity contribution >= 4 is 47.1 Å². The van der Waals surface area contributed by atoms with Gasteiger partial charge in [-0.3, -0.25) is 19.4 Å². The first-order valence-electron chi connectivity index (χ1n) is 14.1. The summed E-state index contributed by atoms with van der Waals surface area (Å²) in [6.45, 7) is 5.94. The van der Waals surface area contributed by atoms with Gasteiger partial charge in [-0.05, 0) is 76.3 Å². The third kappa shape index (κ3) is 6.62. The monoisotopic (exact) mass is 626 g/mol. The third-order valence-electron chi connectivity index (χ3n) is 9.43. The van der Waals surface area contributed by atoms with Crippen molar-refractivity contribution in [2.45, 2.75) is 83.9 Å². The summed E-state index contributed by atoms with van der Waals surface area (Å²) < 4.78 is 42.1. The molecule has 0 aliphatic heterocycles. The van der Waals surface area contributed by atoms with Crippen molar-refractivity contribution in [3.05, 3.63) is 57.2 Å². The topological polar surface area (TPSA) is 87.0 Å². The number of rotatable bonds is 9. The number of amides is 1. The molecule has 0 aromatic heterocycles. The highest BCUT2D eigenvalue weighted by molar-refractivity contribution is 6.40. The number of aliphatic imine (C=N–C) groups is 1. The number of hydrogen-bond donors (Lipinski definition) is 1. The molecule has 11 heteroatoms. The molecule has 1 amide bonds. The third-order valence-corrected chi connectivity index (χ3v) is 10.1. The van der Waals surface area contributed by atoms with Gasteiger partial charge in [0, 0.05) is 29.4 Å². The zero-order valence-electron chi connectivity index (χ0n) is 23.7. The normalized spacial score (nSPS) is 25.8. The number of aliphatic carboxylic acids is 1. The molecule has 3 fully saturated rings. The fourth-order valence-electron chi connectivity index (χ4n) is 6.38. The van der Waals surface area contributed by atoms with E-state index in [4.69, 9.17) is 23.2 Å². The lowest BCUT2D eigenvalue weighted by Gasteiger charge is -2.33. The summed E-state index contributed by atoms with van der Waals surface area (Å²) >= 11 is 12.5. The Kier molecular flexibility index (Phi) is 9.34. The van der Waals surface area contributed by atoms with Crippen LogP contribution in [0.4, 0.5) is 13.2 Å². The number of Topliss-reactive ketones (excluding diaryl/α,β-unsaturated/α-hetero) is 1. The maximum atomic E-state index is 14.0. The fourth-order valence-corrected chi connectivity index (χ4v) is 6.99. The average molecular weight is 628 g/mol. The van der Waals surface area contributed by atoms with Crippen molar-refractivity contribution in [1.82, 2.24) is 4.90 Å². The van der Waals surface area contributed by atoms with Crippen molar-refractivity contribution in [2.75, 3.05) is 6.54 Å². The van der Waals surface area contributed by atoms with Crippen molar-refractivity contribution in [3.63, 3.8) is 0 Å². The molecule has 4 rings (SSSR count). The molecular formula is C31H35Cl2F3N2O4. The van der Waals surface area contributed by atoms with Crippen molar-refractivity contribution in [2.24, 2.45) is 21.7 Å². The molecule has 0 bridgehead atoms. The fraction of sp³-hybridized carbons (Fsp3) is 0.548. The molecule has 3 aliphatic carbocycles. The number of halogens is 5. The summed E-state index contributed by atoms with van der Waals surface area (Å²) in [5.74, 6) is -2.61. The van der Waals surface area contributed by atoms with Gasteiger partial charge in [0.2, 0.25) is 0 Å². The lowest BCUT2D eigenvalue weighted by atomic mass is 9.71. The van der Waals surface area contributed by atoms with E-state index in [1.807, 2.05) is 0 Å². The maximum absolute atomic E-state index is 14.0. The van der Waals surface area contributed by atoms with Crippen LogP contribution in [-0.2, 0) is 9.59 Å². The summed E-state index contributed by atoms with van der Waals surface area (Å²) in [7, 11) is 0. The predicted molar refractivity (Wildman–Crippen MR) is 156 cm³/mol. The number of carbonyl (C=O) groups excluding carboxylic acids is 2. The van der Waals surface area contributed by atoms with E-state index in [1.54, 1.807) is 13.0 Å². The quantitative estimate of drug-likeness (QED) is 0.170. The molecule has 0 heterocycles. The number of carbonyl (C=O) groups is 3. The van der Waals surface area contributed by atoms with Gasteiger partial charge >= 0.3 is 12.1 Å². The minimum Gasteiger partial charge on any atom is -0.481 e. The first-order valence-corrected chi connectivity index (χ1v) is 14.9. The van der Waals surface area contributed by atoms with Gasteiger partial charge in [-0.15, -0.1) is 0 Å². The Balaban J connectivity index is 1.64. The lowest BCUT2D eigenvalue weighted by molar-refractivity contribution is -0.150. The second-order valence-corrected chi connectivity index (χ2v) is 13.0. The van der Waals surface area contributed by atoms with E-state index in [2.05, 4.69) is 11.6 Å². The first-order chi connectivity index (χ1) is 19.6. The zero-order chi connectivity index (χ0) is 31.0. The molecule has 1 aromatic rings. The number of alkyl halides is 3. The Labute approximate surface area is 253 Å². The number of allylic oxidation sites excluding steroid dienone is 2. The van der Waals surface area contributed by atoms with Gasteiger partial charge < -0.3 is 10.0 Å². The molecule has 1 N–H and O–H groups in total. The molecular weight excluding hydrogens is 592 g/mol. The van der Waals surface area contributed by atoms with E-state index < -0.39 is 53.0 Å². The van der Waals surface area contributed by atoms with Crippen molar-refractivity contribution in [3.8, 4) is 0 Å². The summed E-state index contributed by atoms with van der Waals surface area (Å²) in [6, 6.07) is 4.16. The number of carboxylic acid groups (broad SMARTS) is 1. The Hall–Kier alpha value is -2.65. The van der Waals surface area contributed by atoms with Crippen LogP contribution in [0.3, 0.4) is 0 Å². The van der Waals surface area contributed by atoms with Crippen LogP contribution in [0.25, 0.3) is 0 Å². The molecule has 3 saturated carbocycles. The van der Waals surface area contributed by atoms with Crippen LogP contribution in [0, 0.1) is 16.7 Å². The molecule has 6 nitrogen and oxygen atoms in total. The number of nitrogens with zero attached hydrogens (tertiary/aromatic N) is 2. The van der Waals surface area contributed by atoms with Crippen LogP contribution in [0.2, 0.25) is 10.0 Å². The van der Waals surface area contributed by atoms with Crippen molar-refractivity contribution in [1.29, 1.82) is 0 Å². The molecule has 228 valence electrons. The predicted octanol–water partition coefficient (Wildman–Crippen LogP) is 8.08. The molecule has 1 aromatic carbocycles. The zero-order valence-corrected chi connectivity index (χ0v) is 25.2. The molecule has 0 saturated heterocycles. The molecule has 1 spiro atoms. The first kappa shape index (κ1) is 32.3. The van der Waals surface area contributed by atoms with Crippen LogP contribution in [0.1, 0.15) is 82.0 Å². The number of ketones is 1. The second-order valence-electron chi connectivity index (χ2n) is 12.2. The SMILES string of the molecule is C=C(N=C/C(C(=O)N(CC(=O)c1c(Cl)cccc1Cl)[C@@H]1CC12CCCC2)=C(\C)C(F)(F)F)C1CCC(C)(C(=O)O)CC1. The standard InChI is InChI=1S/C31H35Cl2F3N2O4/c1-18(31(34,35)36)21(16-37-19(2)20-9-13-29(3,14-10-20)28(41)42)27(40)38(25-15-30(25)11-4-5-12-30)17-24(39)26-22(32)7-6-8-23(26)33/h6-8,16,20,25H,2,4-5,9-15,17H2,1,3H3,(H,41,42)/b21-18-,37-16?/t20?,25-,29?/m1/s1. The van der Waals surface area contributed by atoms with Gasteiger partial charge in [-0.2, -0.15) is 13.2 Å². The number of benzene rings is 1. The van der Waals surface area contributed by atoms with Crippen LogP contribution < -0.4 is 0 Å². The van der Waals surface area contributed by atoms with Gasteiger partial charge in [-0.25, -0.2) is 0 Å². The van der Waals surface area contributed by atoms with E-state index in [0.717, 1.165) is 38.8 Å². The van der Waals surface area contributed by atoms with Crippen LogP contribution in [0.5, 0.6) is 0 Å². The average Bonchev–Trinajstić information content (AvgIpc) is 3.40. The van der Waals surface area contributed by atoms with Crippen LogP contribution in [-0.4, -0.2) is 52.6 Å². The summed E-state index contributed by atoms with van der Waals surface area (Å²) in [5.41, 5.74) is -2.56. The van der Waals surface area contributed by atoms with E-state index in [-0.39, 0.29) is 32.6 Å². The summed E-state index contributed by atoms with van der Waals surface area (Å²) in [5, 5.41) is 9.69. The number of hydrogen-bond acceptors (Lipinski definition) is 4. The van der Waals surface area contributed by atoms with E-state index >= 15 is 0 Å². The molecule has 0 unspecified atom stereocenters. The number of carboxylic acids is 1. The highest BCUT2D eigenvalue weighted by atomic mass is 35.5. The molecule has 42 heavy (non-hydrogen) atoms. The lowest BCUT2D eigenvalue weighted by Crippen LogP contribution is -2.41. The Bertz CT molecular complexity index is 1320. The summed E-state index contributed by atoms with van der Waals surface area (Å²) in [6.07, 6.45) is 1.97. The molecule has 3 aliphatic rings. The maximum Gasteiger partial charge on any atom is 0.413 e. The second kappa shape index (κ2) is 12.2. The minimum absolute atomic E-state index is 0.0190. The van der Waals surface area contributed by atoms with Crippen LogP contribution >= 0.6 is 23.2 Å². The van der Waals surface area contributed by atoms with Crippen LogP contribution in [0.15, 0.2) is 46.6 Å². The molecule has 0 radical (unpaired) electrons. The molecule has 1 atom stereocenters. The largest absolute Gasteiger partial charge is 0.481 e. The minimum atomic E-state index is -4.82. The summed E-state index contributed by atoms with van der Waals surface area (Å²) in [4.78, 5) is 44.5. The van der Waals surface area contributed by atoms with Gasteiger partial charge in [0.1, 0.15) is 0 Å². The Morgan fingerprint density at radius 1 is 1.12 bits per heavy atom. The Morgan fingerprint density at radius 3 is 2.21 bits per heavy atom. The van der Waals surface area contributed by atoms with E-state index in [9.17, 15) is 32.7 Å². The van der Waals surface area contributed by atoms with Crippen molar-refractivity contribution < 1.29 is 32.7 Å². The smallest absolute Gasteiger partial charge is 0.413 e. The van der Waals surface area contributed by atoms with Gasteiger partial charge in [0.15, 0.2) is 5.78 Å². The van der Waals surface area contributed by atoms with Gasteiger partial charge in [0.25, 0.3) is 5.91 Å². The Morgan fingerprint density at radius 2 is 1.69 bits per heavy atom. The van der Waals surface area contributed by atoms with Gasteiger partial charge in [0.05, 0.1) is 33.1 Å².